The third-order valence-electron chi connectivity index (χ3n) is 4.35. The lowest BCUT2D eigenvalue weighted by atomic mass is 9.84. The van der Waals surface area contributed by atoms with E-state index in [0.717, 1.165) is 12.1 Å². The quantitative estimate of drug-likeness (QED) is 0.665. The summed E-state index contributed by atoms with van der Waals surface area (Å²) in [5.74, 6) is 0. The topological polar surface area (TPSA) is 52.0 Å². The van der Waals surface area contributed by atoms with Crippen molar-refractivity contribution >= 4 is 22.5 Å². The molecule has 0 radical (unpaired) electrons. The second-order valence-electron chi connectivity index (χ2n) is 5.89. The van der Waals surface area contributed by atoms with Crippen LogP contribution < -0.4 is 11.5 Å². The molecule has 1 unspecified atom stereocenters. The predicted octanol–water partition coefficient (Wildman–Crippen LogP) is 3.99. The van der Waals surface area contributed by atoms with Crippen LogP contribution in [0.15, 0.2) is 60.7 Å². The van der Waals surface area contributed by atoms with E-state index in [0.29, 0.717) is 0 Å². The van der Waals surface area contributed by atoms with Crippen molar-refractivity contribution in [2.75, 3.05) is 5.73 Å². The number of fused-ring (bicyclic) bond motifs is 2. The SMILES string of the molecule is Nc1ccc(-c2c3c(cc4ccccc24)C=CC(N)C3)cc1. The Bertz CT molecular complexity index is 876. The molecule has 0 amide bonds. The lowest BCUT2D eigenvalue weighted by molar-refractivity contribution is 0.805. The molecule has 0 saturated heterocycles. The lowest BCUT2D eigenvalue weighted by Crippen LogP contribution is -2.23. The lowest BCUT2D eigenvalue weighted by Gasteiger charge is -2.22. The van der Waals surface area contributed by atoms with Crippen molar-refractivity contribution in [1.82, 2.24) is 0 Å². The van der Waals surface area contributed by atoms with Crippen molar-refractivity contribution < 1.29 is 0 Å². The third-order valence-corrected chi connectivity index (χ3v) is 4.35. The standard InChI is InChI=1S/C20H18N2/c21-16-8-5-13(6-9-16)20-18-4-2-1-3-14(18)11-15-7-10-17(22)12-19(15)20/h1-11,17H,12,21-22H2. The van der Waals surface area contributed by atoms with Crippen LogP contribution in [0.25, 0.3) is 28.0 Å². The van der Waals surface area contributed by atoms with E-state index >= 15 is 0 Å². The Kier molecular flexibility index (Phi) is 2.98. The van der Waals surface area contributed by atoms with Gasteiger partial charge in [0.15, 0.2) is 0 Å². The summed E-state index contributed by atoms with van der Waals surface area (Å²) >= 11 is 0. The number of hydrogen-bond donors (Lipinski definition) is 2. The molecule has 0 saturated carbocycles. The first kappa shape index (κ1) is 13.1. The monoisotopic (exact) mass is 286 g/mol. The molecule has 3 aromatic carbocycles. The fraction of sp³-hybridized carbons (Fsp3) is 0.100. The van der Waals surface area contributed by atoms with Crippen LogP contribution >= 0.6 is 0 Å². The smallest absolute Gasteiger partial charge is 0.0314 e. The van der Waals surface area contributed by atoms with E-state index in [1.54, 1.807) is 0 Å². The van der Waals surface area contributed by atoms with Crippen molar-refractivity contribution in [3.63, 3.8) is 0 Å². The van der Waals surface area contributed by atoms with Crippen LogP contribution in [0.3, 0.4) is 0 Å². The molecule has 3 aromatic rings. The van der Waals surface area contributed by atoms with Crippen LogP contribution in [0.4, 0.5) is 5.69 Å². The van der Waals surface area contributed by atoms with Gasteiger partial charge in [-0.1, -0.05) is 48.6 Å². The second kappa shape index (κ2) is 5.00. The van der Waals surface area contributed by atoms with Gasteiger partial charge in [0.25, 0.3) is 0 Å². The van der Waals surface area contributed by atoms with E-state index in [1.165, 1.54) is 33.0 Å². The number of anilines is 1. The highest BCUT2D eigenvalue weighted by atomic mass is 14.6. The summed E-state index contributed by atoms with van der Waals surface area (Å²) in [6, 6.07) is 19.0. The molecule has 0 fully saturated rings. The van der Waals surface area contributed by atoms with Crippen LogP contribution in [-0.4, -0.2) is 6.04 Å². The number of hydrogen-bond acceptors (Lipinski definition) is 2. The molecule has 1 atom stereocenters. The predicted molar refractivity (Wildman–Crippen MR) is 94.5 cm³/mol. The molecule has 4 N–H and O–H groups in total. The second-order valence-corrected chi connectivity index (χ2v) is 5.89. The maximum atomic E-state index is 6.16. The Balaban J connectivity index is 2.08. The first-order valence-electron chi connectivity index (χ1n) is 7.57. The first-order valence-corrected chi connectivity index (χ1v) is 7.57. The summed E-state index contributed by atoms with van der Waals surface area (Å²) < 4.78 is 0. The summed E-state index contributed by atoms with van der Waals surface area (Å²) in [6.45, 7) is 0. The third kappa shape index (κ3) is 2.09. The molecular formula is C20H18N2. The van der Waals surface area contributed by atoms with Crippen LogP contribution in [0.5, 0.6) is 0 Å². The molecule has 1 aliphatic rings. The largest absolute Gasteiger partial charge is 0.399 e. The van der Waals surface area contributed by atoms with E-state index < -0.39 is 0 Å². The highest BCUT2D eigenvalue weighted by molar-refractivity contribution is 6.01. The minimum absolute atomic E-state index is 0.0844. The zero-order valence-electron chi connectivity index (χ0n) is 12.3. The number of nitrogen functional groups attached to an aromatic ring is 1. The van der Waals surface area contributed by atoms with E-state index in [1.807, 2.05) is 12.1 Å². The minimum atomic E-state index is 0.0844. The number of benzene rings is 3. The molecule has 2 heteroatoms. The van der Waals surface area contributed by atoms with Gasteiger partial charge in [-0.05, 0) is 57.6 Å². The fourth-order valence-electron chi connectivity index (χ4n) is 3.29. The molecule has 0 aliphatic heterocycles. The maximum absolute atomic E-state index is 6.16. The molecule has 0 bridgehead atoms. The average molecular weight is 286 g/mol. The summed E-state index contributed by atoms with van der Waals surface area (Å²) in [4.78, 5) is 0. The summed E-state index contributed by atoms with van der Waals surface area (Å²) in [7, 11) is 0. The summed E-state index contributed by atoms with van der Waals surface area (Å²) in [6.07, 6.45) is 5.11. The van der Waals surface area contributed by atoms with Crippen molar-refractivity contribution in [3.05, 3.63) is 71.8 Å². The highest BCUT2D eigenvalue weighted by Crippen LogP contribution is 2.37. The molecule has 22 heavy (non-hydrogen) atoms. The Morgan fingerprint density at radius 1 is 0.955 bits per heavy atom. The van der Waals surface area contributed by atoms with Crippen molar-refractivity contribution in [2.45, 2.75) is 12.5 Å². The number of nitrogens with two attached hydrogens (primary N) is 2. The van der Waals surface area contributed by atoms with Gasteiger partial charge in [-0.2, -0.15) is 0 Å². The number of rotatable bonds is 1. The van der Waals surface area contributed by atoms with Gasteiger partial charge in [-0.15, -0.1) is 0 Å². The summed E-state index contributed by atoms with van der Waals surface area (Å²) in [5.41, 5.74) is 17.9. The Morgan fingerprint density at radius 3 is 2.55 bits per heavy atom. The Hall–Kier alpha value is -2.58. The minimum Gasteiger partial charge on any atom is -0.399 e. The maximum Gasteiger partial charge on any atom is 0.0314 e. The van der Waals surface area contributed by atoms with E-state index in [-0.39, 0.29) is 6.04 Å². The van der Waals surface area contributed by atoms with Crippen LogP contribution in [0, 0.1) is 0 Å². The molecule has 108 valence electrons. The van der Waals surface area contributed by atoms with Crippen LogP contribution in [0.2, 0.25) is 0 Å². The van der Waals surface area contributed by atoms with E-state index in [9.17, 15) is 0 Å². The normalized spacial score (nSPS) is 16.7. The zero-order chi connectivity index (χ0) is 15.1. The molecular weight excluding hydrogens is 268 g/mol. The van der Waals surface area contributed by atoms with Gasteiger partial charge in [0.1, 0.15) is 0 Å². The molecule has 2 nitrogen and oxygen atoms in total. The average Bonchev–Trinajstić information content (AvgIpc) is 2.54. The Labute approximate surface area is 130 Å². The van der Waals surface area contributed by atoms with E-state index in [4.69, 9.17) is 11.5 Å². The molecule has 1 aliphatic carbocycles. The van der Waals surface area contributed by atoms with Gasteiger partial charge in [-0.25, -0.2) is 0 Å². The Morgan fingerprint density at radius 2 is 1.73 bits per heavy atom. The van der Waals surface area contributed by atoms with Gasteiger partial charge in [0, 0.05) is 11.7 Å². The first-order chi connectivity index (χ1) is 10.7. The summed E-state index contributed by atoms with van der Waals surface area (Å²) in [5, 5.41) is 2.53. The van der Waals surface area contributed by atoms with Gasteiger partial charge in [0.2, 0.25) is 0 Å². The van der Waals surface area contributed by atoms with Gasteiger partial charge >= 0.3 is 0 Å². The molecule has 0 aromatic heterocycles. The highest BCUT2D eigenvalue weighted by Gasteiger charge is 2.18. The van der Waals surface area contributed by atoms with Gasteiger partial charge in [-0.3, -0.25) is 0 Å². The fourth-order valence-corrected chi connectivity index (χ4v) is 3.29. The zero-order valence-corrected chi connectivity index (χ0v) is 12.3. The van der Waals surface area contributed by atoms with Crippen LogP contribution in [-0.2, 0) is 6.42 Å². The molecule has 0 heterocycles. The van der Waals surface area contributed by atoms with E-state index in [2.05, 4.69) is 54.6 Å². The molecule has 0 spiro atoms. The van der Waals surface area contributed by atoms with Gasteiger partial charge in [0.05, 0.1) is 0 Å². The van der Waals surface area contributed by atoms with Gasteiger partial charge < -0.3 is 11.5 Å². The molecule has 4 rings (SSSR count). The van der Waals surface area contributed by atoms with Crippen LogP contribution in [0.1, 0.15) is 11.1 Å². The van der Waals surface area contributed by atoms with Crippen molar-refractivity contribution in [2.24, 2.45) is 5.73 Å². The van der Waals surface area contributed by atoms with Crippen molar-refractivity contribution in [3.8, 4) is 11.1 Å². The van der Waals surface area contributed by atoms with Crippen molar-refractivity contribution in [1.29, 1.82) is 0 Å².